The molecule has 4 N–H and O–H groups in total. The highest BCUT2D eigenvalue weighted by Gasteiger charge is 2.44. The summed E-state index contributed by atoms with van der Waals surface area (Å²) in [5.74, 6) is -0.800. The lowest BCUT2D eigenvalue weighted by atomic mass is 9.99. The van der Waals surface area contributed by atoms with Crippen LogP contribution in [0.25, 0.3) is 0 Å². The van der Waals surface area contributed by atoms with E-state index in [2.05, 4.69) is 26.0 Å². The van der Waals surface area contributed by atoms with Crippen LogP contribution < -0.4 is 0 Å². The molecule has 1 fully saturated rings. The van der Waals surface area contributed by atoms with Crippen LogP contribution in [0.3, 0.4) is 0 Å². The number of carbonyl (C=O) groups excluding carboxylic acids is 2. The van der Waals surface area contributed by atoms with Gasteiger partial charge in [-0.1, -0.05) is 167 Å². The molecule has 1 aliphatic heterocycles. The number of aliphatic hydroxyl groups excluding tert-OH is 4. The second-order valence-electron chi connectivity index (χ2n) is 15.5. The summed E-state index contributed by atoms with van der Waals surface area (Å²) < 4.78 is 22.2. The van der Waals surface area contributed by atoms with Crippen LogP contribution >= 0.6 is 0 Å². The van der Waals surface area contributed by atoms with Crippen molar-refractivity contribution in [2.45, 2.75) is 237 Å². The first kappa shape index (κ1) is 50.5. The molecular formula is C44H82O10. The summed E-state index contributed by atoms with van der Waals surface area (Å²) in [5.41, 5.74) is 0. The van der Waals surface area contributed by atoms with E-state index in [1.165, 1.54) is 128 Å². The van der Waals surface area contributed by atoms with Crippen molar-refractivity contribution in [1.82, 2.24) is 0 Å². The summed E-state index contributed by atoms with van der Waals surface area (Å²) in [6.07, 6.45) is 29.3. The normalized spacial score (nSPS) is 20.7. The maximum absolute atomic E-state index is 12.8. The van der Waals surface area contributed by atoms with Crippen molar-refractivity contribution >= 4 is 11.9 Å². The highest BCUT2D eigenvalue weighted by atomic mass is 16.7. The molecule has 6 atom stereocenters. The van der Waals surface area contributed by atoms with Crippen molar-refractivity contribution in [3.63, 3.8) is 0 Å². The van der Waals surface area contributed by atoms with E-state index < -0.39 is 49.4 Å². The van der Waals surface area contributed by atoms with Crippen LogP contribution in [0.1, 0.15) is 200 Å². The first-order valence-corrected chi connectivity index (χ1v) is 22.3. The van der Waals surface area contributed by atoms with Gasteiger partial charge >= 0.3 is 11.9 Å². The molecule has 318 valence electrons. The minimum atomic E-state index is -1.59. The lowest BCUT2D eigenvalue weighted by Gasteiger charge is -2.39. The standard InChI is InChI=1S/C44H82O10/c1-3-5-7-9-11-13-15-17-19-21-23-25-27-29-31-33-40(47)53-37(36-52-44-43(50)42(49)41(48)38(34-45)54-44)35-51-39(46)32-30-28-26-24-22-20-18-16-14-12-10-8-6-4-2/h9,11,37-38,41-45,48-50H,3-8,10,12-36H2,1-2H3/b11-9+/t37-,38-,41+,42?,43?,44-/m0/s1. The highest BCUT2D eigenvalue weighted by Crippen LogP contribution is 2.23. The highest BCUT2D eigenvalue weighted by molar-refractivity contribution is 5.70. The van der Waals surface area contributed by atoms with Gasteiger partial charge in [0.1, 0.15) is 31.0 Å². The van der Waals surface area contributed by atoms with Gasteiger partial charge in [-0.25, -0.2) is 0 Å². The zero-order valence-corrected chi connectivity index (χ0v) is 34.5. The van der Waals surface area contributed by atoms with Crippen molar-refractivity contribution in [1.29, 1.82) is 0 Å². The fourth-order valence-electron chi connectivity index (χ4n) is 6.82. The van der Waals surface area contributed by atoms with Gasteiger partial charge in [0.2, 0.25) is 0 Å². The molecule has 0 aromatic rings. The Morgan fingerprint density at radius 2 is 1.00 bits per heavy atom. The molecule has 1 saturated heterocycles. The minimum absolute atomic E-state index is 0.213. The fourth-order valence-corrected chi connectivity index (χ4v) is 6.82. The molecule has 0 bridgehead atoms. The Balaban J connectivity index is 2.32. The molecule has 0 amide bonds. The summed E-state index contributed by atoms with van der Waals surface area (Å²) in [7, 11) is 0. The van der Waals surface area contributed by atoms with Gasteiger partial charge in [0.25, 0.3) is 0 Å². The number of aliphatic hydroxyl groups is 4. The molecule has 0 saturated carbocycles. The first-order chi connectivity index (χ1) is 26.3. The number of carbonyl (C=O) groups is 2. The molecule has 1 aliphatic rings. The van der Waals surface area contributed by atoms with E-state index in [0.717, 1.165) is 38.5 Å². The zero-order chi connectivity index (χ0) is 39.5. The van der Waals surface area contributed by atoms with Gasteiger partial charge in [-0.2, -0.15) is 0 Å². The third kappa shape index (κ3) is 27.1. The number of hydrogen-bond acceptors (Lipinski definition) is 10. The predicted molar refractivity (Wildman–Crippen MR) is 215 cm³/mol. The molecule has 1 rings (SSSR count). The van der Waals surface area contributed by atoms with Crippen molar-refractivity contribution in [3.05, 3.63) is 12.2 Å². The van der Waals surface area contributed by atoms with Crippen molar-refractivity contribution < 1.29 is 49.0 Å². The van der Waals surface area contributed by atoms with Crippen LogP contribution in [0.15, 0.2) is 12.2 Å². The Bertz CT molecular complexity index is 897. The van der Waals surface area contributed by atoms with Gasteiger partial charge in [0.05, 0.1) is 13.2 Å². The van der Waals surface area contributed by atoms with Crippen molar-refractivity contribution in [2.24, 2.45) is 0 Å². The van der Waals surface area contributed by atoms with E-state index in [1.807, 2.05) is 0 Å². The number of allylic oxidation sites excluding steroid dienone is 2. The summed E-state index contributed by atoms with van der Waals surface area (Å²) in [4.78, 5) is 25.3. The van der Waals surface area contributed by atoms with Crippen LogP contribution in [0.4, 0.5) is 0 Å². The Morgan fingerprint density at radius 3 is 1.50 bits per heavy atom. The Kier molecular flexibility index (Phi) is 33.5. The van der Waals surface area contributed by atoms with Crippen LogP contribution in [0.5, 0.6) is 0 Å². The smallest absolute Gasteiger partial charge is 0.306 e. The molecule has 0 aromatic carbocycles. The van der Waals surface area contributed by atoms with Gasteiger partial charge in [-0.15, -0.1) is 0 Å². The van der Waals surface area contributed by atoms with E-state index in [0.29, 0.717) is 6.42 Å². The largest absolute Gasteiger partial charge is 0.462 e. The summed E-state index contributed by atoms with van der Waals surface area (Å²) in [6, 6.07) is 0. The maximum Gasteiger partial charge on any atom is 0.306 e. The van der Waals surface area contributed by atoms with Crippen molar-refractivity contribution in [2.75, 3.05) is 19.8 Å². The van der Waals surface area contributed by atoms with Gasteiger partial charge < -0.3 is 39.4 Å². The summed E-state index contributed by atoms with van der Waals surface area (Å²) in [5, 5.41) is 40.0. The monoisotopic (exact) mass is 771 g/mol. The second-order valence-corrected chi connectivity index (χ2v) is 15.5. The zero-order valence-electron chi connectivity index (χ0n) is 34.5. The van der Waals surface area contributed by atoms with Gasteiger partial charge in [0.15, 0.2) is 12.4 Å². The van der Waals surface area contributed by atoms with E-state index in [4.69, 9.17) is 18.9 Å². The molecule has 0 aliphatic carbocycles. The van der Waals surface area contributed by atoms with Crippen LogP contribution in [0.2, 0.25) is 0 Å². The average Bonchev–Trinajstić information content (AvgIpc) is 3.17. The number of ether oxygens (including phenoxy) is 4. The van der Waals surface area contributed by atoms with E-state index in [9.17, 15) is 30.0 Å². The van der Waals surface area contributed by atoms with Gasteiger partial charge in [-0.3, -0.25) is 9.59 Å². The fraction of sp³-hybridized carbons (Fsp3) is 0.909. The maximum atomic E-state index is 12.8. The van der Waals surface area contributed by atoms with E-state index in [1.54, 1.807) is 0 Å². The molecule has 0 aromatic heterocycles. The molecular weight excluding hydrogens is 688 g/mol. The Hall–Kier alpha value is -1.56. The molecule has 0 radical (unpaired) electrons. The van der Waals surface area contributed by atoms with Gasteiger partial charge in [0, 0.05) is 12.8 Å². The van der Waals surface area contributed by atoms with Crippen LogP contribution in [-0.2, 0) is 28.5 Å². The topological polar surface area (TPSA) is 152 Å². The van der Waals surface area contributed by atoms with E-state index >= 15 is 0 Å². The van der Waals surface area contributed by atoms with Gasteiger partial charge in [-0.05, 0) is 32.1 Å². The second kappa shape index (κ2) is 35.8. The first-order valence-electron chi connectivity index (χ1n) is 22.3. The lowest BCUT2D eigenvalue weighted by molar-refractivity contribution is -0.305. The molecule has 10 nitrogen and oxygen atoms in total. The lowest BCUT2D eigenvalue weighted by Crippen LogP contribution is -2.59. The number of unbranched alkanes of at least 4 members (excludes halogenated alkanes) is 24. The quantitative estimate of drug-likeness (QED) is 0.0273. The number of esters is 2. The number of rotatable bonds is 37. The number of hydrogen-bond donors (Lipinski definition) is 4. The molecule has 2 unspecified atom stereocenters. The van der Waals surface area contributed by atoms with E-state index in [-0.39, 0.29) is 32.0 Å². The summed E-state index contributed by atoms with van der Waals surface area (Å²) in [6.45, 7) is 3.41. The van der Waals surface area contributed by atoms with Crippen LogP contribution in [0, 0.1) is 0 Å². The SMILES string of the molecule is CCCC/C=C/CCCCCCCCCCCC(=O)O[C@@H](COC(=O)CCCCCCCCCCCCCCCC)CO[C@H]1O[C@@H](CO)[C@@H](O)C(O)C1O. The molecule has 10 heteroatoms. The Morgan fingerprint density at radius 1 is 0.556 bits per heavy atom. The third-order valence-electron chi connectivity index (χ3n) is 10.4. The van der Waals surface area contributed by atoms with Crippen LogP contribution in [-0.4, -0.2) is 89.0 Å². The molecule has 0 spiro atoms. The van der Waals surface area contributed by atoms with Crippen molar-refractivity contribution in [3.8, 4) is 0 Å². The average molecular weight is 771 g/mol. The predicted octanol–water partition coefficient (Wildman–Crippen LogP) is 9.17. The molecule has 54 heavy (non-hydrogen) atoms. The summed E-state index contributed by atoms with van der Waals surface area (Å²) >= 11 is 0. The minimum Gasteiger partial charge on any atom is -0.462 e. The third-order valence-corrected chi connectivity index (χ3v) is 10.4. The Labute approximate surface area is 329 Å². The molecule has 1 heterocycles.